The zero-order valence-electron chi connectivity index (χ0n) is 12.8. The highest BCUT2D eigenvalue weighted by Gasteiger charge is 2.17. The van der Waals surface area contributed by atoms with Crippen LogP contribution in [0.2, 0.25) is 0 Å². The summed E-state index contributed by atoms with van der Waals surface area (Å²) >= 11 is 0. The van der Waals surface area contributed by atoms with Crippen LogP contribution in [-0.4, -0.2) is 21.3 Å². The van der Waals surface area contributed by atoms with Crippen molar-refractivity contribution in [3.8, 4) is 0 Å². The second-order valence-corrected chi connectivity index (χ2v) is 5.12. The molecule has 2 aromatic rings. The third kappa shape index (κ3) is 3.25. The van der Waals surface area contributed by atoms with Gasteiger partial charge in [-0.15, -0.1) is 0 Å². The Labute approximate surface area is 121 Å². The summed E-state index contributed by atoms with van der Waals surface area (Å²) in [6.45, 7) is 7.31. The Morgan fingerprint density at radius 2 is 2.15 bits per heavy atom. The molecule has 20 heavy (non-hydrogen) atoms. The zero-order valence-corrected chi connectivity index (χ0v) is 12.8. The number of rotatable bonds is 6. The van der Waals surface area contributed by atoms with Crippen molar-refractivity contribution in [2.75, 3.05) is 6.54 Å². The van der Waals surface area contributed by atoms with E-state index in [1.807, 2.05) is 24.0 Å². The molecular formula is C16H24N4. The van der Waals surface area contributed by atoms with Gasteiger partial charge in [0.1, 0.15) is 0 Å². The average Bonchev–Trinajstić information content (AvgIpc) is 2.80. The molecule has 2 heterocycles. The van der Waals surface area contributed by atoms with E-state index in [0.29, 0.717) is 0 Å². The Morgan fingerprint density at radius 1 is 1.35 bits per heavy atom. The number of aromatic nitrogens is 3. The molecule has 2 aromatic heterocycles. The standard InChI is InChI=1S/C16H24N4/c1-5-13-10-14(20(4)19-13)11-15(17-6-2)16-12(3)8-7-9-18-16/h7-10,15,17H,5-6,11H2,1-4H3. The van der Waals surface area contributed by atoms with Crippen molar-refractivity contribution < 1.29 is 0 Å². The van der Waals surface area contributed by atoms with Crippen LogP contribution in [0, 0.1) is 6.92 Å². The molecule has 1 N–H and O–H groups in total. The van der Waals surface area contributed by atoms with Gasteiger partial charge in [-0.3, -0.25) is 9.67 Å². The quantitative estimate of drug-likeness (QED) is 0.879. The largest absolute Gasteiger partial charge is 0.309 e. The third-order valence-electron chi connectivity index (χ3n) is 3.63. The number of hydrogen-bond acceptors (Lipinski definition) is 3. The molecule has 0 aromatic carbocycles. The summed E-state index contributed by atoms with van der Waals surface area (Å²) < 4.78 is 1.99. The van der Waals surface area contributed by atoms with Crippen LogP contribution in [0.15, 0.2) is 24.4 Å². The Hall–Kier alpha value is -1.68. The lowest BCUT2D eigenvalue weighted by Crippen LogP contribution is -2.25. The number of hydrogen-bond donors (Lipinski definition) is 1. The maximum atomic E-state index is 4.56. The summed E-state index contributed by atoms with van der Waals surface area (Å²) in [5.74, 6) is 0. The van der Waals surface area contributed by atoms with Crippen LogP contribution in [0.25, 0.3) is 0 Å². The first-order valence-electron chi connectivity index (χ1n) is 7.32. The van der Waals surface area contributed by atoms with E-state index >= 15 is 0 Å². The molecule has 0 aliphatic rings. The predicted molar refractivity (Wildman–Crippen MR) is 81.7 cm³/mol. The van der Waals surface area contributed by atoms with Crippen molar-refractivity contribution in [3.63, 3.8) is 0 Å². The fourth-order valence-corrected chi connectivity index (χ4v) is 2.52. The summed E-state index contributed by atoms with van der Waals surface area (Å²) in [6.07, 6.45) is 3.75. The summed E-state index contributed by atoms with van der Waals surface area (Å²) in [6, 6.07) is 6.54. The van der Waals surface area contributed by atoms with E-state index in [0.717, 1.165) is 30.8 Å². The highest BCUT2D eigenvalue weighted by atomic mass is 15.3. The van der Waals surface area contributed by atoms with E-state index < -0.39 is 0 Å². The summed E-state index contributed by atoms with van der Waals surface area (Å²) in [5, 5.41) is 8.07. The number of aryl methyl sites for hydroxylation is 3. The van der Waals surface area contributed by atoms with Crippen LogP contribution in [-0.2, 0) is 19.9 Å². The van der Waals surface area contributed by atoms with Gasteiger partial charge in [0.05, 0.1) is 17.4 Å². The number of pyridine rings is 1. The maximum absolute atomic E-state index is 4.56. The first kappa shape index (κ1) is 14.7. The minimum atomic E-state index is 0.237. The molecule has 0 spiro atoms. The van der Waals surface area contributed by atoms with Gasteiger partial charge in [-0.25, -0.2) is 0 Å². The predicted octanol–water partition coefficient (Wildman–Crippen LogP) is 2.58. The van der Waals surface area contributed by atoms with E-state index in [9.17, 15) is 0 Å². The third-order valence-corrected chi connectivity index (χ3v) is 3.63. The van der Waals surface area contributed by atoms with Gasteiger partial charge in [-0.1, -0.05) is 19.9 Å². The lowest BCUT2D eigenvalue weighted by Gasteiger charge is -2.19. The minimum Gasteiger partial charge on any atom is -0.309 e. The first-order chi connectivity index (χ1) is 9.65. The molecule has 0 fully saturated rings. The van der Waals surface area contributed by atoms with Gasteiger partial charge in [0.15, 0.2) is 0 Å². The van der Waals surface area contributed by atoms with E-state index in [1.165, 1.54) is 11.3 Å². The van der Waals surface area contributed by atoms with E-state index in [-0.39, 0.29) is 6.04 Å². The lowest BCUT2D eigenvalue weighted by molar-refractivity contribution is 0.515. The van der Waals surface area contributed by atoms with Gasteiger partial charge in [0, 0.05) is 25.4 Å². The second kappa shape index (κ2) is 6.66. The van der Waals surface area contributed by atoms with Gasteiger partial charge in [-0.2, -0.15) is 5.10 Å². The van der Waals surface area contributed by atoms with Crippen LogP contribution < -0.4 is 5.32 Å². The fraction of sp³-hybridized carbons (Fsp3) is 0.500. The monoisotopic (exact) mass is 272 g/mol. The molecule has 0 aliphatic carbocycles. The average molecular weight is 272 g/mol. The summed E-state index contributed by atoms with van der Waals surface area (Å²) in [7, 11) is 2.02. The van der Waals surface area contributed by atoms with Crippen LogP contribution in [0.4, 0.5) is 0 Å². The van der Waals surface area contributed by atoms with E-state index in [1.54, 1.807) is 0 Å². The van der Waals surface area contributed by atoms with Crippen molar-refractivity contribution in [1.29, 1.82) is 0 Å². The second-order valence-electron chi connectivity index (χ2n) is 5.12. The van der Waals surface area contributed by atoms with E-state index in [2.05, 4.69) is 48.3 Å². The number of likely N-dealkylation sites (N-methyl/N-ethyl adjacent to an activating group) is 1. The van der Waals surface area contributed by atoms with Crippen LogP contribution in [0.1, 0.15) is 42.5 Å². The van der Waals surface area contributed by atoms with Gasteiger partial charge in [0.2, 0.25) is 0 Å². The molecule has 0 bridgehead atoms. The molecule has 4 nitrogen and oxygen atoms in total. The summed E-state index contributed by atoms with van der Waals surface area (Å²) in [4.78, 5) is 4.56. The van der Waals surface area contributed by atoms with Gasteiger partial charge in [0.25, 0.3) is 0 Å². The SMILES string of the molecule is CCNC(Cc1cc(CC)nn1C)c1ncccc1C. The molecule has 0 amide bonds. The van der Waals surface area contributed by atoms with Crippen LogP contribution in [0.5, 0.6) is 0 Å². The Bertz CT molecular complexity index is 559. The number of nitrogens with one attached hydrogen (secondary N) is 1. The van der Waals surface area contributed by atoms with Gasteiger partial charge < -0.3 is 5.32 Å². The maximum Gasteiger partial charge on any atom is 0.0624 e. The van der Waals surface area contributed by atoms with Crippen molar-refractivity contribution in [2.45, 2.75) is 39.7 Å². The van der Waals surface area contributed by atoms with E-state index in [4.69, 9.17) is 0 Å². The molecule has 0 aliphatic heterocycles. The Balaban J connectivity index is 2.25. The van der Waals surface area contributed by atoms with Crippen molar-refractivity contribution in [2.24, 2.45) is 7.05 Å². The Kier molecular flexibility index (Phi) is 4.90. The molecule has 0 radical (unpaired) electrons. The molecule has 0 saturated heterocycles. The molecule has 1 unspecified atom stereocenters. The molecule has 4 heteroatoms. The van der Waals surface area contributed by atoms with Gasteiger partial charge >= 0.3 is 0 Å². The highest BCUT2D eigenvalue weighted by Crippen LogP contribution is 2.20. The first-order valence-corrected chi connectivity index (χ1v) is 7.32. The summed E-state index contributed by atoms with van der Waals surface area (Å²) in [5.41, 5.74) is 4.76. The molecule has 2 rings (SSSR count). The highest BCUT2D eigenvalue weighted by molar-refractivity contribution is 5.23. The molecule has 108 valence electrons. The molecule has 1 atom stereocenters. The van der Waals surface area contributed by atoms with Crippen molar-refractivity contribution >= 4 is 0 Å². The smallest absolute Gasteiger partial charge is 0.0624 e. The molecular weight excluding hydrogens is 248 g/mol. The molecule has 0 saturated carbocycles. The normalized spacial score (nSPS) is 12.6. The Morgan fingerprint density at radius 3 is 2.75 bits per heavy atom. The zero-order chi connectivity index (χ0) is 14.5. The van der Waals surface area contributed by atoms with Crippen LogP contribution >= 0.6 is 0 Å². The van der Waals surface area contributed by atoms with Gasteiger partial charge in [-0.05, 0) is 37.6 Å². The van der Waals surface area contributed by atoms with Crippen molar-refractivity contribution in [1.82, 2.24) is 20.1 Å². The lowest BCUT2D eigenvalue weighted by atomic mass is 10.0. The topological polar surface area (TPSA) is 42.7 Å². The van der Waals surface area contributed by atoms with Crippen molar-refractivity contribution in [3.05, 3.63) is 47.0 Å². The minimum absolute atomic E-state index is 0.237. The van der Waals surface area contributed by atoms with Crippen LogP contribution in [0.3, 0.4) is 0 Å². The fourth-order valence-electron chi connectivity index (χ4n) is 2.52. The number of nitrogens with zero attached hydrogens (tertiary/aromatic N) is 3.